The molecule has 1 saturated heterocycles. The van der Waals surface area contributed by atoms with Gasteiger partial charge in [0.1, 0.15) is 17.3 Å². The molecule has 0 spiro atoms. The van der Waals surface area contributed by atoms with Gasteiger partial charge in [-0.2, -0.15) is 0 Å². The number of ether oxygens (including phenoxy) is 1. The van der Waals surface area contributed by atoms with Crippen molar-refractivity contribution in [2.75, 3.05) is 6.54 Å². The fourth-order valence-electron chi connectivity index (χ4n) is 3.93. The zero-order valence-electron chi connectivity index (χ0n) is 18.5. The number of nitrogens with zero attached hydrogens (tertiary/aromatic N) is 1. The summed E-state index contributed by atoms with van der Waals surface area (Å²) in [4.78, 5) is 24.7. The molecule has 7 heteroatoms. The van der Waals surface area contributed by atoms with E-state index < -0.39 is 12.1 Å². The molecular weight excluding hydrogens is 425 g/mol. The number of carbonyl (C=O) groups excluding carboxylic acids is 1. The largest absolute Gasteiger partial charge is 0.481 e. The van der Waals surface area contributed by atoms with Crippen LogP contribution < -0.4 is 4.74 Å². The molecule has 2 atom stereocenters. The highest BCUT2D eigenvalue weighted by Crippen LogP contribution is 2.27. The van der Waals surface area contributed by atoms with Gasteiger partial charge in [0.25, 0.3) is 0 Å². The highest BCUT2D eigenvalue weighted by atomic mass is 19.1. The van der Waals surface area contributed by atoms with Crippen molar-refractivity contribution in [2.45, 2.75) is 57.1 Å². The summed E-state index contributed by atoms with van der Waals surface area (Å²) in [5, 5.41) is 19.3. The second-order valence-electron chi connectivity index (χ2n) is 8.21. The Morgan fingerprint density at radius 2 is 1.85 bits per heavy atom. The van der Waals surface area contributed by atoms with Crippen molar-refractivity contribution in [3.8, 4) is 11.5 Å². The first-order valence-electron chi connectivity index (χ1n) is 11.3. The van der Waals surface area contributed by atoms with Crippen molar-refractivity contribution in [3.63, 3.8) is 0 Å². The average Bonchev–Trinajstić information content (AvgIpc) is 3.13. The molecule has 2 aromatic rings. The van der Waals surface area contributed by atoms with Crippen molar-refractivity contribution in [1.29, 1.82) is 0 Å². The average molecular weight is 456 g/mol. The van der Waals surface area contributed by atoms with Crippen LogP contribution in [-0.4, -0.2) is 39.6 Å². The van der Waals surface area contributed by atoms with Crippen LogP contribution in [0.1, 0.15) is 56.6 Å². The van der Waals surface area contributed by atoms with E-state index in [-0.39, 0.29) is 24.2 Å². The predicted octanol–water partition coefficient (Wildman–Crippen LogP) is 5.23. The number of hydrogen-bond donors (Lipinski definition) is 2. The third kappa shape index (κ3) is 7.71. The number of amides is 1. The molecule has 1 unspecified atom stereocenters. The number of carboxylic acid groups (broad SMARTS) is 1. The number of unbranched alkanes of at least 4 members (excludes halogenated alkanes) is 3. The Labute approximate surface area is 193 Å². The number of carbonyl (C=O) groups is 2. The third-order valence-corrected chi connectivity index (χ3v) is 5.66. The van der Waals surface area contributed by atoms with E-state index in [4.69, 9.17) is 9.84 Å². The first-order valence-corrected chi connectivity index (χ1v) is 11.3. The molecule has 0 saturated carbocycles. The van der Waals surface area contributed by atoms with Crippen molar-refractivity contribution >= 4 is 11.9 Å². The molecule has 1 amide bonds. The lowest BCUT2D eigenvalue weighted by molar-refractivity contribution is -0.137. The van der Waals surface area contributed by atoms with E-state index >= 15 is 0 Å². The Morgan fingerprint density at radius 1 is 1.12 bits per heavy atom. The Morgan fingerprint density at radius 3 is 2.61 bits per heavy atom. The SMILES string of the molecule is O=C(O)CCCCCCN1C(=O)CC[C@@H]1C=CC(O)c1cccc(Oc2cccc(F)c2)c1. The zero-order valence-corrected chi connectivity index (χ0v) is 18.5. The van der Waals surface area contributed by atoms with Gasteiger partial charge in [-0.25, -0.2) is 4.39 Å². The molecule has 0 aliphatic carbocycles. The van der Waals surface area contributed by atoms with Crippen LogP contribution >= 0.6 is 0 Å². The van der Waals surface area contributed by atoms with Gasteiger partial charge >= 0.3 is 5.97 Å². The van der Waals surface area contributed by atoms with Gasteiger partial charge in [-0.05, 0) is 49.1 Å². The zero-order chi connectivity index (χ0) is 23.6. The molecule has 2 aromatic carbocycles. The first kappa shape index (κ1) is 24.5. The molecule has 1 aliphatic rings. The summed E-state index contributed by atoms with van der Waals surface area (Å²) in [6.45, 7) is 0.633. The molecule has 0 aromatic heterocycles. The number of aliphatic hydroxyl groups excluding tert-OH is 1. The summed E-state index contributed by atoms with van der Waals surface area (Å²) < 4.78 is 19.1. The van der Waals surface area contributed by atoms with Crippen LogP contribution in [0.15, 0.2) is 60.7 Å². The summed E-state index contributed by atoms with van der Waals surface area (Å²) in [6, 6.07) is 12.8. The molecule has 1 fully saturated rings. The lowest BCUT2D eigenvalue weighted by Gasteiger charge is -2.22. The number of aliphatic carboxylic acids is 1. The minimum Gasteiger partial charge on any atom is -0.481 e. The molecule has 3 rings (SSSR count). The second kappa shape index (κ2) is 12.2. The number of likely N-dealkylation sites (tertiary alicyclic amines) is 1. The van der Waals surface area contributed by atoms with Crippen molar-refractivity contribution in [3.05, 3.63) is 72.1 Å². The predicted molar refractivity (Wildman–Crippen MR) is 122 cm³/mol. The van der Waals surface area contributed by atoms with Gasteiger partial charge in [-0.1, -0.05) is 43.2 Å². The summed E-state index contributed by atoms with van der Waals surface area (Å²) in [7, 11) is 0. The number of rotatable bonds is 12. The standard InChI is InChI=1S/C26H30FNO5/c27-20-8-6-10-23(18-20)33-22-9-5-7-19(17-22)24(29)14-12-21-13-15-25(30)28(21)16-4-2-1-3-11-26(31)32/h5-10,12,14,17-18,21,24,29H,1-4,11,13,15-16H2,(H,31,32)/t21-,24?/m0/s1. The molecule has 1 aliphatic heterocycles. The minimum atomic E-state index is -0.866. The molecule has 0 bridgehead atoms. The molecule has 33 heavy (non-hydrogen) atoms. The molecular formula is C26H30FNO5. The van der Waals surface area contributed by atoms with Crippen molar-refractivity contribution < 1.29 is 28.9 Å². The maximum atomic E-state index is 13.4. The lowest BCUT2D eigenvalue weighted by Crippen LogP contribution is -2.32. The van der Waals surface area contributed by atoms with Gasteiger partial charge in [-0.3, -0.25) is 9.59 Å². The van der Waals surface area contributed by atoms with E-state index in [9.17, 15) is 19.1 Å². The molecule has 2 N–H and O–H groups in total. The van der Waals surface area contributed by atoms with Crippen LogP contribution in [0.3, 0.4) is 0 Å². The lowest BCUT2D eigenvalue weighted by atomic mass is 10.1. The van der Waals surface area contributed by atoms with Crippen LogP contribution in [-0.2, 0) is 9.59 Å². The monoisotopic (exact) mass is 455 g/mol. The van der Waals surface area contributed by atoms with E-state index in [2.05, 4.69) is 0 Å². The Hall–Kier alpha value is -3.19. The number of carboxylic acids is 1. The third-order valence-electron chi connectivity index (χ3n) is 5.66. The van der Waals surface area contributed by atoms with Crippen LogP contribution in [0.25, 0.3) is 0 Å². The van der Waals surface area contributed by atoms with Gasteiger partial charge in [0.15, 0.2) is 0 Å². The number of halogens is 1. The topological polar surface area (TPSA) is 87.1 Å². The second-order valence-corrected chi connectivity index (χ2v) is 8.21. The Kier molecular flexibility index (Phi) is 9.01. The maximum absolute atomic E-state index is 13.4. The fourth-order valence-corrected chi connectivity index (χ4v) is 3.93. The Balaban J connectivity index is 1.53. The molecule has 176 valence electrons. The fraction of sp³-hybridized carbons (Fsp3) is 0.385. The minimum absolute atomic E-state index is 0.0575. The summed E-state index contributed by atoms with van der Waals surface area (Å²) >= 11 is 0. The van der Waals surface area contributed by atoms with Gasteiger partial charge in [0.2, 0.25) is 5.91 Å². The van der Waals surface area contributed by atoms with E-state index in [0.29, 0.717) is 42.9 Å². The number of aliphatic hydroxyl groups is 1. The van der Waals surface area contributed by atoms with Crippen LogP contribution in [0.5, 0.6) is 11.5 Å². The molecule has 6 nitrogen and oxygen atoms in total. The maximum Gasteiger partial charge on any atom is 0.303 e. The van der Waals surface area contributed by atoms with Gasteiger partial charge in [-0.15, -0.1) is 0 Å². The van der Waals surface area contributed by atoms with Crippen molar-refractivity contribution in [2.24, 2.45) is 0 Å². The van der Waals surface area contributed by atoms with Crippen LogP contribution in [0.2, 0.25) is 0 Å². The highest BCUT2D eigenvalue weighted by Gasteiger charge is 2.28. The van der Waals surface area contributed by atoms with E-state index in [1.165, 1.54) is 12.1 Å². The van der Waals surface area contributed by atoms with E-state index in [1.54, 1.807) is 42.5 Å². The summed E-state index contributed by atoms with van der Waals surface area (Å²) in [5.41, 5.74) is 0.634. The highest BCUT2D eigenvalue weighted by molar-refractivity contribution is 5.79. The summed E-state index contributed by atoms with van der Waals surface area (Å²) in [5.74, 6) is -0.191. The number of hydrogen-bond acceptors (Lipinski definition) is 4. The van der Waals surface area contributed by atoms with E-state index in [1.807, 2.05) is 11.0 Å². The first-order chi connectivity index (χ1) is 15.9. The van der Waals surface area contributed by atoms with E-state index in [0.717, 1.165) is 19.3 Å². The quantitative estimate of drug-likeness (QED) is 0.338. The Bertz CT molecular complexity index is 977. The smallest absolute Gasteiger partial charge is 0.303 e. The number of benzene rings is 2. The van der Waals surface area contributed by atoms with Crippen LogP contribution in [0.4, 0.5) is 4.39 Å². The van der Waals surface area contributed by atoms with Gasteiger partial charge in [0.05, 0.1) is 12.1 Å². The van der Waals surface area contributed by atoms with Crippen molar-refractivity contribution in [1.82, 2.24) is 4.90 Å². The van der Waals surface area contributed by atoms with Gasteiger partial charge < -0.3 is 19.8 Å². The molecule has 0 radical (unpaired) electrons. The van der Waals surface area contributed by atoms with Crippen LogP contribution in [0, 0.1) is 5.82 Å². The van der Waals surface area contributed by atoms with Gasteiger partial charge in [0, 0.05) is 25.5 Å². The normalized spacial score (nSPS) is 17.0. The molecule has 1 heterocycles. The summed E-state index contributed by atoms with van der Waals surface area (Å²) in [6.07, 6.45) is 7.28.